The van der Waals surface area contributed by atoms with E-state index in [-0.39, 0.29) is 35.8 Å². The standard InChI is InChI=1S/C22H26N4O5S/c27-20(12-13-23-21(28)16-17-6-2-1-3-7-17)24-25-22(29)18-8-10-19(11-9-18)32(30,31)26-14-4-5-15-26/h1-3,6-11H,4-5,12-16H2,(H,23,28)(H,24,27)(H,25,29). The van der Waals surface area contributed by atoms with Crippen LogP contribution in [-0.4, -0.2) is 50.1 Å². The number of sulfonamides is 1. The average molecular weight is 459 g/mol. The van der Waals surface area contributed by atoms with Crippen molar-refractivity contribution in [1.82, 2.24) is 20.5 Å². The van der Waals surface area contributed by atoms with E-state index in [9.17, 15) is 22.8 Å². The first kappa shape index (κ1) is 23.4. The third kappa shape index (κ3) is 6.38. The lowest BCUT2D eigenvalue weighted by molar-refractivity contribution is -0.122. The minimum Gasteiger partial charge on any atom is -0.355 e. The molecule has 0 radical (unpaired) electrons. The summed E-state index contributed by atoms with van der Waals surface area (Å²) in [7, 11) is -3.55. The van der Waals surface area contributed by atoms with E-state index in [4.69, 9.17) is 0 Å². The highest BCUT2D eigenvalue weighted by atomic mass is 32.2. The summed E-state index contributed by atoms with van der Waals surface area (Å²) < 4.78 is 26.5. The van der Waals surface area contributed by atoms with E-state index in [0.717, 1.165) is 18.4 Å². The first-order valence-electron chi connectivity index (χ1n) is 10.4. The number of amides is 3. The van der Waals surface area contributed by atoms with Crippen molar-refractivity contribution in [1.29, 1.82) is 0 Å². The van der Waals surface area contributed by atoms with E-state index >= 15 is 0 Å². The zero-order valence-electron chi connectivity index (χ0n) is 17.5. The largest absolute Gasteiger partial charge is 0.355 e. The molecular formula is C22H26N4O5S. The van der Waals surface area contributed by atoms with Crippen LogP contribution in [-0.2, 0) is 26.0 Å². The molecule has 0 aliphatic carbocycles. The molecule has 9 nitrogen and oxygen atoms in total. The van der Waals surface area contributed by atoms with E-state index in [1.54, 1.807) is 0 Å². The highest BCUT2D eigenvalue weighted by Crippen LogP contribution is 2.21. The van der Waals surface area contributed by atoms with Gasteiger partial charge in [0.25, 0.3) is 5.91 Å². The van der Waals surface area contributed by atoms with Crippen molar-refractivity contribution >= 4 is 27.7 Å². The third-order valence-corrected chi connectivity index (χ3v) is 6.93. The number of carbonyl (C=O) groups excluding carboxylic acids is 3. The van der Waals surface area contributed by atoms with Gasteiger partial charge in [0.2, 0.25) is 21.8 Å². The van der Waals surface area contributed by atoms with Crippen LogP contribution in [0.4, 0.5) is 0 Å². The molecule has 0 saturated carbocycles. The van der Waals surface area contributed by atoms with Crippen LogP contribution >= 0.6 is 0 Å². The summed E-state index contributed by atoms with van der Waals surface area (Å²) in [5, 5.41) is 2.65. The fourth-order valence-corrected chi connectivity index (χ4v) is 4.79. The van der Waals surface area contributed by atoms with Crippen molar-refractivity contribution in [2.45, 2.75) is 30.6 Å². The summed E-state index contributed by atoms with van der Waals surface area (Å²) in [5.41, 5.74) is 5.64. The smallest absolute Gasteiger partial charge is 0.269 e. The molecule has 3 amide bonds. The van der Waals surface area contributed by atoms with Gasteiger partial charge in [-0.15, -0.1) is 0 Å². The fraction of sp³-hybridized carbons (Fsp3) is 0.318. The maximum Gasteiger partial charge on any atom is 0.269 e. The summed E-state index contributed by atoms with van der Waals surface area (Å²) >= 11 is 0. The molecule has 1 fully saturated rings. The highest BCUT2D eigenvalue weighted by Gasteiger charge is 2.27. The van der Waals surface area contributed by atoms with Crippen LogP contribution < -0.4 is 16.2 Å². The zero-order chi connectivity index (χ0) is 23.0. The molecule has 170 valence electrons. The molecule has 0 unspecified atom stereocenters. The first-order valence-corrected chi connectivity index (χ1v) is 11.8. The van der Waals surface area contributed by atoms with E-state index in [1.165, 1.54) is 28.6 Å². The van der Waals surface area contributed by atoms with Gasteiger partial charge in [-0.05, 0) is 42.7 Å². The number of hydrazine groups is 1. The Bertz CT molecular complexity index is 1050. The molecule has 2 aromatic rings. The molecule has 1 saturated heterocycles. The van der Waals surface area contributed by atoms with Crippen LogP contribution in [0.15, 0.2) is 59.5 Å². The minimum absolute atomic E-state index is 0.00613. The van der Waals surface area contributed by atoms with E-state index in [1.807, 2.05) is 30.3 Å². The lowest BCUT2D eigenvalue weighted by atomic mass is 10.1. The molecular weight excluding hydrogens is 432 g/mol. The summed E-state index contributed by atoms with van der Waals surface area (Å²) in [5.74, 6) is -1.24. The first-order chi connectivity index (χ1) is 15.4. The summed E-state index contributed by atoms with van der Waals surface area (Å²) in [6.45, 7) is 1.14. The van der Waals surface area contributed by atoms with E-state index in [2.05, 4.69) is 16.2 Å². The van der Waals surface area contributed by atoms with E-state index < -0.39 is 21.8 Å². The van der Waals surface area contributed by atoms with Crippen LogP contribution in [0.1, 0.15) is 35.2 Å². The Labute approximate surface area is 187 Å². The molecule has 3 N–H and O–H groups in total. The van der Waals surface area contributed by atoms with Crippen molar-refractivity contribution in [2.75, 3.05) is 19.6 Å². The maximum atomic E-state index is 12.5. The van der Waals surface area contributed by atoms with Crippen LogP contribution in [0.25, 0.3) is 0 Å². The van der Waals surface area contributed by atoms with Crippen LogP contribution in [0.5, 0.6) is 0 Å². The second kappa shape index (κ2) is 10.9. The Morgan fingerprint density at radius 2 is 1.50 bits per heavy atom. The maximum absolute atomic E-state index is 12.5. The molecule has 2 aromatic carbocycles. The van der Waals surface area contributed by atoms with Gasteiger partial charge >= 0.3 is 0 Å². The molecule has 1 aliphatic rings. The lowest BCUT2D eigenvalue weighted by Crippen LogP contribution is -2.42. The van der Waals surface area contributed by atoms with Crippen LogP contribution in [0, 0.1) is 0 Å². The van der Waals surface area contributed by atoms with Crippen molar-refractivity contribution in [2.24, 2.45) is 0 Å². The molecule has 32 heavy (non-hydrogen) atoms. The second-order valence-corrected chi connectivity index (χ2v) is 9.34. The predicted octanol–water partition coefficient (Wildman–Crippen LogP) is 0.981. The summed E-state index contributed by atoms with van der Waals surface area (Å²) in [4.78, 5) is 36.1. The number of carbonyl (C=O) groups is 3. The van der Waals surface area contributed by atoms with Gasteiger partial charge in [0.15, 0.2) is 0 Å². The van der Waals surface area contributed by atoms with Gasteiger partial charge in [0, 0.05) is 31.6 Å². The topological polar surface area (TPSA) is 125 Å². The number of nitrogens with zero attached hydrogens (tertiary/aromatic N) is 1. The van der Waals surface area contributed by atoms with Gasteiger partial charge < -0.3 is 5.32 Å². The lowest BCUT2D eigenvalue weighted by Gasteiger charge is -2.15. The molecule has 1 heterocycles. The molecule has 0 aromatic heterocycles. The monoisotopic (exact) mass is 458 g/mol. The Hall–Kier alpha value is -3.24. The van der Waals surface area contributed by atoms with Crippen LogP contribution in [0.2, 0.25) is 0 Å². The van der Waals surface area contributed by atoms with Gasteiger partial charge in [-0.25, -0.2) is 8.42 Å². The highest BCUT2D eigenvalue weighted by molar-refractivity contribution is 7.89. The van der Waals surface area contributed by atoms with Gasteiger partial charge in [-0.3, -0.25) is 25.2 Å². The Morgan fingerprint density at radius 1 is 0.844 bits per heavy atom. The molecule has 3 rings (SSSR count). The van der Waals surface area contributed by atoms with Crippen LogP contribution in [0.3, 0.4) is 0 Å². The Balaban J connectivity index is 1.40. The third-order valence-electron chi connectivity index (χ3n) is 5.02. The average Bonchev–Trinajstić information content (AvgIpc) is 3.34. The number of nitrogens with one attached hydrogen (secondary N) is 3. The molecule has 0 atom stereocenters. The normalized spacial score (nSPS) is 14.0. The molecule has 0 bridgehead atoms. The Morgan fingerprint density at radius 3 is 2.16 bits per heavy atom. The predicted molar refractivity (Wildman–Crippen MR) is 118 cm³/mol. The fourth-order valence-electron chi connectivity index (χ4n) is 3.28. The Kier molecular flexibility index (Phi) is 7.96. The summed E-state index contributed by atoms with van der Waals surface area (Å²) in [6, 6.07) is 14.8. The minimum atomic E-state index is -3.55. The second-order valence-electron chi connectivity index (χ2n) is 7.40. The molecule has 1 aliphatic heterocycles. The molecule has 10 heteroatoms. The van der Waals surface area contributed by atoms with Crippen molar-refractivity contribution in [3.8, 4) is 0 Å². The van der Waals surface area contributed by atoms with Crippen molar-refractivity contribution in [3.63, 3.8) is 0 Å². The van der Waals surface area contributed by atoms with Crippen molar-refractivity contribution in [3.05, 3.63) is 65.7 Å². The van der Waals surface area contributed by atoms with Gasteiger partial charge in [0.05, 0.1) is 11.3 Å². The van der Waals surface area contributed by atoms with Gasteiger partial charge in [-0.2, -0.15) is 4.31 Å². The zero-order valence-corrected chi connectivity index (χ0v) is 18.4. The van der Waals surface area contributed by atoms with Gasteiger partial charge in [0.1, 0.15) is 0 Å². The van der Waals surface area contributed by atoms with Crippen molar-refractivity contribution < 1.29 is 22.8 Å². The molecule has 0 spiro atoms. The van der Waals surface area contributed by atoms with Gasteiger partial charge in [-0.1, -0.05) is 30.3 Å². The number of rotatable bonds is 8. The number of benzene rings is 2. The van der Waals surface area contributed by atoms with E-state index in [0.29, 0.717) is 13.1 Å². The number of hydrogen-bond acceptors (Lipinski definition) is 5. The summed E-state index contributed by atoms with van der Waals surface area (Å²) in [6.07, 6.45) is 1.91. The number of hydrogen-bond donors (Lipinski definition) is 3. The SMILES string of the molecule is O=C(Cc1ccccc1)NCCC(=O)NNC(=O)c1ccc(S(=O)(=O)N2CCCC2)cc1. The quantitative estimate of drug-likeness (QED) is 0.509.